The molecule has 24 heavy (non-hydrogen) atoms. The van der Waals surface area contributed by atoms with E-state index in [4.69, 9.17) is 0 Å². The van der Waals surface area contributed by atoms with Crippen LogP contribution in [-0.4, -0.2) is 48.4 Å². The molecule has 1 aliphatic rings. The Morgan fingerprint density at radius 3 is 2.58 bits per heavy atom. The second-order valence-electron chi connectivity index (χ2n) is 5.49. The number of hydrogen-bond acceptors (Lipinski definition) is 4. The molecule has 2 heterocycles. The Kier molecular flexibility index (Phi) is 4.69. The van der Waals surface area contributed by atoms with Gasteiger partial charge in [0.2, 0.25) is 6.41 Å². The third-order valence-corrected chi connectivity index (χ3v) is 3.90. The number of pyridine rings is 1. The van der Waals surface area contributed by atoms with Crippen LogP contribution in [0.25, 0.3) is 0 Å². The number of nitrogens with one attached hydrogen (secondary N) is 1. The Bertz CT molecular complexity index is 728. The molecule has 0 bridgehead atoms. The van der Waals surface area contributed by atoms with Crippen molar-refractivity contribution >= 4 is 23.8 Å². The number of hydrogen-bond donors (Lipinski definition) is 1. The summed E-state index contributed by atoms with van der Waals surface area (Å²) in [4.78, 5) is 30.9. The first-order valence-corrected chi connectivity index (χ1v) is 7.63. The number of piperazine rings is 1. The molecule has 2 aromatic rings. The number of aromatic nitrogens is 1. The molecule has 1 aromatic carbocycles. The van der Waals surface area contributed by atoms with Gasteiger partial charge in [-0.1, -0.05) is 6.07 Å². The SMILES string of the molecule is O=CN1CCN(c2ccc(NC(=O)c3cccc(F)c3)nc2)CC1. The molecule has 0 atom stereocenters. The van der Waals surface area contributed by atoms with Gasteiger partial charge in [0.1, 0.15) is 11.6 Å². The van der Waals surface area contributed by atoms with Gasteiger partial charge >= 0.3 is 0 Å². The zero-order chi connectivity index (χ0) is 16.9. The average molecular weight is 328 g/mol. The topological polar surface area (TPSA) is 65.5 Å². The van der Waals surface area contributed by atoms with Crippen molar-refractivity contribution in [1.29, 1.82) is 0 Å². The fourth-order valence-corrected chi connectivity index (χ4v) is 2.55. The first-order valence-electron chi connectivity index (χ1n) is 7.63. The van der Waals surface area contributed by atoms with Gasteiger partial charge < -0.3 is 15.1 Å². The fraction of sp³-hybridized carbons (Fsp3) is 0.235. The highest BCUT2D eigenvalue weighted by molar-refractivity contribution is 6.03. The van der Waals surface area contributed by atoms with Crippen LogP contribution in [0.3, 0.4) is 0 Å². The fourth-order valence-electron chi connectivity index (χ4n) is 2.55. The van der Waals surface area contributed by atoms with E-state index in [1.807, 2.05) is 6.07 Å². The van der Waals surface area contributed by atoms with Crippen LogP contribution in [0.1, 0.15) is 10.4 Å². The van der Waals surface area contributed by atoms with Gasteiger partial charge in [0, 0.05) is 31.7 Å². The molecule has 6 nitrogen and oxygen atoms in total. The summed E-state index contributed by atoms with van der Waals surface area (Å²) in [6.45, 7) is 2.86. The van der Waals surface area contributed by atoms with Crippen LogP contribution >= 0.6 is 0 Å². The highest BCUT2D eigenvalue weighted by Crippen LogP contribution is 2.17. The highest BCUT2D eigenvalue weighted by atomic mass is 19.1. The molecule has 0 spiro atoms. The number of amides is 2. The largest absolute Gasteiger partial charge is 0.367 e. The Morgan fingerprint density at radius 1 is 1.17 bits per heavy atom. The van der Waals surface area contributed by atoms with Crippen molar-refractivity contribution in [3.8, 4) is 0 Å². The van der Waals surface area contributed by atoms with Gasteiger partial charge in [-0.15, -0.1) is 0 Å². The summed E-state index contributed by atoms with van der Waals surface area (Å²) in [6.07, 6.45) is 2.54. The standard InChI is InChI=1S/C17H17FN4O2/c18-14-3-1-2-13(10-14)17(24)20-16-5-4-15(11-19-16)22-8-6-21(12-23)7-9-22/h1-5,10-12H,6-9H2,(H,19,20,24). The summed E-state index contributed by atoms with van der Waals surface area (Å²) < 4.78 is 13.2. The molecule has 1 aromatic heterocycles. The molecule has 1 fully saturated rings. The third kappa shape index (κ3) is 3.68. The summed E-state index contributed by atoms with van der Waals surface area (Å²) in [5.41, 5.74) is 1.18. The van der Waals surface area contributed by atoms with Crippen molar-refractivity contribution in [2.75, 3.05) is 36.4 Å². The number of halogens is 1. The number of carbonyl (C=O) groups excluding carboxylic acids is 2. The van der Waals surface area contributed by atoms with E-state index < -0.39 is 11.7 Å². The van der Waals surface area contributed by atoms with E-state index in [0.717, 1.165) is 25.2 Å². The zero-order valence-corrected chi connectivity index (χ0v) is 13.0. The third-order valence-electron chi connectivity index (χ3n) is 3.90. The molecule has 124 valence electrons. The molecule has 0 radical (unpaired) electrons. The molecule has 0 aliphatic carbocycles. The highest BCUT2D eigenvalue weighted by Gasteiger charge is 2.16. The second-order valence-corrected chi connectivity index (χ2v) is 5.49. The molecule has 7 heteroatoms. The molecular weight excluding hydrogens is 311 g/mol. The Hall–Kier alpha value is -2.96. The Morgan fingerprint density at radius 2 is 1.96 bits per heavy atom. The molecule has 0 unspecified atom stereocenters. The van der Waals surface area contributed by atoms with Crippen molar-refractivity contribution in [3.05, 3.63) is 54.0 Å². The van der Waals surface area contributed by atoms with Crippen LogP contribution < -0.4 is 10.2 Å². The number of rotatable bonds is 4. The van der Waals surface area contributed by atoms with Gasteiger partial charge in [0.05, 0.1) is 11.9 Å². The maximum absolute atomic E-state index is 13.2. The van der Waals surface area contributed by atoms with Gasteiger partial charge in [-0.25, -0.2) is 9.37 Å². The lowest BCUT2D eigenvalue weighted by Gasteiger charge is -2.33. The quantitative estimate of drug-likeness (QED) is 0.869. The van der Waals surface area contributed by atoms with E-state index in [9.17, 15) is 14.0 Å². The lowest BCUT2D eigenvalue weighted by molar-refractivity contribution is -0.118. The van der Waals surface area contributed by atoms with E-state index in [0.29, 0.717) is 18.9 Å². The van der Waals surface area contributed by atoms with Crippen molar-refractivity contribution < 1.29 is 14.0 Å². The smallest absolute Gasteiger partial charge is 0.256 e. The summed E-state index contributed by atoms with van der Waals surface area (Å²) in [6, 6.07) is 9.06. The van der Waals surface area contributed by atoms with Crippen molar-refractivity contribution in [2.24, 2.45) is 0 Å². The molecule has 1 saturated heterocycles. The Balaban J connectivity index is 1.62. The van der Waals surface area contributed by atoms with Gasteiger partial charge in [0.25, 0.3) is 5.91 Å². The van der Waals surface area contributed by atoms with Crippen LogP contribution in [0.15, 0.2) is 42.6 Å². The van der Waals surface area contributed by atoms with Crippen LogP contribution in [0.4, 0.5) is 15.9 Å². The van der Waals surface area contributed by atoms with E-state index in [2.05, 4.69) is 15.2 Å². The summed E-state index contributed by atoms with van der Waals surface area (Å²) in [7, 11) is 0. The summed E-state index contributed by atoms with van der Waals surface area (Å²) in [5.74, 6) is -0.464. The molecule has 0 saturated carbocycles. The minimum Gasteiger partial charge on any atom is -0.367 e. The second kappa shape index (κ2) is 7.08. The summed E-state index contributed by atoms with van der Waals surface area (Å²) in [5, 5.41) is 2.64. The first-order chi connectivity index (χ1) is 11.7. The van der Waals surface area contributed by atoms with Gasteiger partial charge in [-0.3, -0.25) is 9.59 Å². The van der Waals surface area contributed by atoms with E-state index in [1.54, 1.807) is 23.2 Å². The monoisotopic (exact) mass is 328 g/mol. The van der Waals surface area contributed by atoms with Crippen LogP contribution in [0.5, 0.6) is 0 Å². The van der Waals surface area contributed by atoms with Gasteiger partial charge in [-0.2, -0.15) is 0 Å². The van der Waals surface area contributed by atoms with Crippen LogP contribution in [-0.2, 0) is 4.79 Å². The molecular formula is C17H17FN4O2. The average Bonchev–Trinajstić information content (AvgIpc) is 2.62. The van der Waals surface area contributed by atoms with Crippen molar-refractivity contribution in [3.63, 3.8) is 0 Å². The van der Waals surface area contributed by atoms with Crippen molar-refractivity contribution in [1.82, 2.24) is 9.88 Å². The number of anilines is 2. The normalized spacial score (nSPS) is 14.4. The van der Waals surface area contributed by atoms with Gasteiger partial charge in [0.15, 0.2) is 0 Å². The summed E-state index contributed by atoms with van der Waals surface area (Å²) >= 11 is 0. The maximum Gasteiger partial charge on any atom is 0.256 e. The maximum atomic E-state index is 13.2. The number of carbonyl (C=O) groups is 2. The molecule has 1 N–H and O–H groups in total. The van der Waals surface area contributed by atoms with E-state index >= 15 is 0 Å². The van der Waals surface area contributed by atoms with E-state index in [-0.39, 0.29) is 5.56 Å². The number of nitrogens with zero attached hydrogens (tertiary/aromatic N) is 3. The molecule has 3 rings (SSSR count). The lowest BCUT2D eigenvalue weighted by Crippen LogP contribution is -2.45. The predicted molar refractivity (Wildman–Crippen MR) is 88.4 cm³/mol. The molecule has 1 aliphatic heterocycles. The van der Waals surface area contributed by atoms with Gasteiger partial charge in [-0.05, 0) is 30.3 Å². The molecule has 2 amide bonds. The zero-order valence-electron chi connectivity index (χ0n) is 13.0. The first kappa shape index (κ1) is 15.9. The van der Waals surface area contributed by atoms with Crippen LogP contribution in [0.2, 0.25) is 0 Å². The number of benzene rings is 1. The minimum absolute atomic E-state index is 0.242. The van der Waals surface area contributed by atoms with E-state index in [1.165, 1.54) is 18.2 Å². The lowest BCUT2D eigenvalue weighted by atomic mass is 10.2. The van der Waals surface area contributed by atoms with Crippen LogP contribution in [0, 0.1) is 5.82 Å². The minimum atomic E-state index is -0.458. The van der Waals surface area contributed by atoms with Crippen molar-refractivity contribution in [2.45, 2.75) is 0 Å². The predicted octanol–water partition coefficient (Wildman–Crippen LogP) is 1.75. The Labute approximate surface area is 138 Å².